The Labute approximate surface area is 97.6 Å². The third-order valence-electron chi connectivity index (χ3n) is 2.91. The Hall–Kier alpha value is -1.31. The van der Waals surface area contributed by atoms with E-state index in [1.165, 1.54) is 0 Å². The first-order valence-electron chi connectivity index (χ1n) is 5.63. The van der Waals surface area contributed by atoms with Crippen LogP contribution in [-0.4, -0.2) is 12.1 Å². The van der Waals surface area contributed by atoms with Crippen molar-refractivity contribution in [2.75, 3.05) is 0 Å². The molecule has 0 spiro atoms. The van der Waals surface area contributed by atoms with Gasteiger partial charge in [-0.2, -0.15) is 0 Å². The molecule has 2 nitrogen and oxygen atoms in total. The van der Waals surface area contributed by atoms with Crippen LogP contribution in [0.25, 0.3) is 0 Å². The molecular weight excluding hydrogens is 200 g/mol. The second-order valence-corrected chi connectivity index (χ2v) is 4.59. The molecule has 0 radical (unpaired) electrons. The normalized spacial score (nSPS) is 10.7. The average molecular weight is 220 g/mol. The number of esters is 1. The quantitative estimate of drug-likeness (QED) is 0.713. The molecule has 2 heteroatoms. The number of hydrogen-bond acceptors (Lipinski definition) is 2. The molecule has 1 rings (SSSR count). The smallest absolute Gasteiger partial charge is 0.338 e. The van der Waals surface area contributed by atoms with Gasteiger partial charge in [0.1, 0.15) is 0 Å². The Bertz CT molecular complexity index is 391. The molecule has 0 bridgehead atoms. The summed E-state index contributed by atoms with van der Waals surface area (Å²) in [7, 11) is 0. The predicted molar refractivity (Wildman–Crippen MR) is 65.9 cm³/mol. The molecule has 0 fully saturated rings. The third-order valence-corrected chi connectivity index (χ3v) is 2.91. The lowest BCUT2D eigenvalue weighted by molar-refractivity contribution is 0.0376. The van der Waals surface area contributed by atoms with Gasteiger partial charge < -0.3 is 4.74 Å². The monoisotopic (exact) mass is 220 g/mol. The number of benzene rings is 1. The highest BCUT2D eigenvalue weighted by Crippen LogP contribution is 2.22. The molecule has 0 saturated carbocycles. The third kappa shape index (κ3) is 2.43. The van der Waals surface area contributed by atoms with Gasteiger partial charge in [0.15, 0.2) is 0 Å². The lowest BCUT2D eigenvalue weighted by atomic mass is 9.94. The molecule has 1 aromatic carbocycles. The zero-order valence-electron chi connectivity index (χ0n) is 11.0. The fourth-order valence-electron chi connectivity index (χ4n) is 1.80. The lowest BCUT2D eigenvalue weighted by Gasteiger charge is -2.15. The Kier molecular flexibility index (Phi) is 3.74. The first kappa shape index (κ1) is 12.8. The fraction of sp³-hybridized carbons (Fsp3) is 0.500. The van der Waals surface area contributed by atoms with E-state index in [1.54, 1.807) is 0 Å². The van der Waals surface area contributed by atoms with Crippen molar-refractivity contribution in [1.29, 1.82) is 0 Å². The van der Waals surface area contributed by atoms with Crippen molar-refractivity contribution in [1.82, 2.24) is 0 Å². The minimum Gasteiger partial charge on any atom is -0.459 e. The molecule has 0 N–H and O–H groups in total. The van der Waals surface area contributed by atoms with E-state index in [0.29, 0.717) is 0 Å². The maximum atomic E-state index is 12.0. The Balaban J connectivity index is 3.27. The first-order valence-corrected chi connectivity index (χ1v) is 5.63. The van der Waals surface area contributed by atoms with Crippen molar-refractivity contribution in [3.8, 4) is 0 Å². The van der Waals surface area contributed by atoms with Crippen LogP contribution in [0.3, 0.4) is 0 Å². The number of carbonyl (C=O) groups excluding carboxylic acids is 1. The Morgan fingerprint density at radius 1 is 1.06 bits per heavy atom. The summed E-state index contributed by atoms with van der Waals surface area (Å²) in [6, 6.07) is 2.11. The van der Waals surface area contributed by atoms with Crippen molar-refractivity contribution in [3.63, 3.8) is 0 Å². The molecule has 0 heterocycles. The van der Waals surface area contributed by atoms with Crippen LogP contribution in [0.4, 0.5) is 0 Å². The summed E-state index contributed by atoms with van der Waals surface area (Å²) in [4.78, 5) is 12.0. The molecule has 0 aliphatic carbocycles. The number of aryl methyl sites for hydroxylation is 2. The fourth-order valence-corrected chi connectivity index (χ4v) is 1.80. The largest absolute Gasteiger partial charge is 0.459 e. The van der Waals surface area contributed by atoms with E-state index >= 15 is 0 Å². The molecule has 16 heavy (non-hydrogen) atoms. The van der Waals surface area contributed by atoms with Gasteiger partial charge in [-0.25, -0.2) is 4.79 Å². The van der Waals surface area contributed by atoms with Gasteiger partial charge in [0.25, 0.3) is 0 Å². The average Bonchev–Trinajstić information content (AvgIpc) is 2.14. The van der Waals surface area contributed by atoms with Crippen molar-refractivity contribution in [3.05, 3.63) is 33.9 Å². The minimum absolute atomic E-state index is 0.0767. The summed E-state index contributed by atoms with van der Waals surface area (Å²) in [5.74, 6) is -0.211. The summed E-state index contributed by atoms with van der Waals surface area (Å²) >= 11 is 0. The van der Waals surface area contributed by atoms with E-state index in [2.05, 4.69) is 6.07 Å². The zero-order valence-corrected chi connectivity index (χ0v) is 11.0. The molecule has 0 aliphatic rings. The number of rotatable bonds is 2. The maximum absolute atomic E-state index is 12.0. The van der Waals surface area contributed by atoms with E-state index in [0.717, 1.165) is 27.8 Å². The van der Waals surface area contributed by atoms with E-state index in [-0.39, 0.29) is 12.1 Å². The van der Waals surface area contributed by atoms with Gasteiger partial charge in [-0.1, -0.05) is 6.07 Å². The van der Waals surface area contributed by atoms with Crippen LogP contribution in [0.5, 0.6) is 0 Å². The van der Waals surface area contributed by atoms with Crippen molar-refractivity contribution in [2.45, 2.75) is 47.6 Å². The van der Waals surface area contributed by atoms with Crippen molar-refractivity contribution in [2.24, 2.45) is 0 Å². The van der Waals surface area contributed by atoms with Gasteiger partial charge in [0, 0.05) is 0 Å². The van der Waals surface area contributed by atoms with Gasteiger partial charge in [-0.05, 0) is 63.8 Å². The molecular formula is C14H20O2. The number of hydrogen-bond donors (Lipinski definition) is 0. The highest BCUT2D eigenvalue weighted by Gasteiger charge is 2.17. The van der Waals surface area contributed by atoms with Crippen LogP contribution < -0.4 is 0 Å². The summed E-state index contributed by atoms with van der Waals surface area (Å²) in [6.45, 7) is 11.7. The van der Waals surface area contributed by atoms with Crippen molar-refractivity contribution < 1.29 is 9.53 Å². The second kappa shape index (κ2) is 4.69. The molecule has 0 aromatic heterocycles. The lowest BCUT2D eigenvalue weighted by Crippen LogP contribution is -2.15. The van der Waals surface area contributed by atoms with E-state index in [4.69, 9.17) is 4.74 Å². The molecule has 1 aromatic rings. The highest BCUT2D eigenvalue weighted by molar-refractivity contribution is 5.93. The Morgan fingerprint density at radius 3 is 1.88 bits per heavy atom. The summed E-state index contributed by atoms with van der Waals surface area (Å²) < 4.78 is 5.27. The summed E-state index contributed by atoms with van der Waals surface area (Å²) in [5.41, 5.74) is 5.05. The molecule has 0 aliphatic heterocycles. The van der Waals surface area contributed by atoms with Gasteiger partial charge in [0.05, 0.1) is 11.7 Å². The van der Waals surface area contributed by atoms with Crippen LogP contribution in [0.2, 0.25) is 0 Å². The van der Waals surface area contributed by atoms with Gasteiger partial charge in [-0.3, -0.25) is 0 Å². The van der Waals surface area contributed by atoms with Crippen LogP contribution in [-0.2, 0) is 4.74 Å². The molecule has 0 amide bonds. The van der Waals surface area contributed by atoms with Gasteiger partial charge in [-0.15, -0.1) is 0 Å². The van der Waals surface area contributed by atoms with E-state index in [1.807, 2.05) is 41.5 Å². The molecule has 0 atom stereocenters. The van der Waals surface area contributed by atoms with Gasteiger partial charge in [0.2, 0.25) is 0 Å². The van der Waals surface area contributed by atoms with Crippen LogP contribution in [0.1, 0.15) is 46.5 Å². The number of carbonyl (C=O) groups is 1. The molecule has 0 saturated heterocycles. The molecule has 88 valence electrons. The maximum Gasteiger partial charge on any atom is 0.338 e. The summed E-state index contributed by atoms with van der Waals surface area (Å²) in [6.07, 6.45) is -0.0767. The summed E-state index contributed by atoms with van der Waals surface area (Å²) in [5, 5.41) is 0. The van der Waals surface area contributed by atoms with Crippen LogP contribution in [0, 0.1) is 27.7 Å². The SMILES string of the molecule is Cc1cc(C)c(C)c(C(=O)OC(C)C)c1C. The van der Waals surface area contributed by atoms with E-state index < -0.39 is 0 Å². The Morgan fingerprint density at radius 2 is 1.50 bits per heavy atom. The standard InChI is InChI=1S/C14H20O2/c1-8(2)16-14(15)13-11(5)9(3)7-10(4)12(13)6/h7-8H,1-6H3. The minimum atomic E-state index is -0.211. The van der Waals surface area contributed by atoms with Crippen molar-refractivity contribution >= 4 is 5.97 Å². The topological polar surface area (TPSA) is 26.3 Å². The first-order chi connectivity index (χ1) is 7.34. The zero-order chi connectivity index (χ0) is 12.5. The van der Waals surface area contributed by atoms with Crippen LogP contribution >= 0.6 is 0 Å². The van der Waals surface area contributed by atoms with Crippen LogP contribution in [0.15, 0.2) is 6.07 Å². The molecule has 0 unspecified atom stereocenters. The van der Waals surface area contributed by atoms with Gasteiger partial charge >= 0.3 is 5.97 Å². The number of ether oxygens (including phenoxy) is 1. The second-order valence-electron chi connectivity index (χ2n) is 4.59. The van der Waals surface area contributed by atoms with E-state index in [9.17, 15) is 4.79 Å². The highest BCUT2D eigenvalue weighted by atomic mass is 16.5. The predicted octanol–water partition coefficient (Wildman–Crippen LogP) is 3.49.